The lowest BCUT2D eigenvalue weighted by Gasteiger charge is -2.23. The van der Waals surface area contributed by atoms with Crippen molar-refractivity contribution in [1.29, 1.82) is 0 Å². The van der Waals surface area contributed by atoms with E-state index in [1.807, 2.05) is 0 Å². The lowest BCUT2D eigenvalue weighted by Crippen LogP contribution is -2.45. The maximum absolute atomic E-state index is 13.0. The first-order chi connectivity index (χ1) is 8.16. The number of benzene rings is 1. The average molecular weight is 338 g/mol. The zero-order chi connectivity index (χ0) is 12.3. The summed E-state index contributed by atoms with van der Waals surface area (Å²) in [5.74, 6) is -0.514. The first-order valence-electron chi connectivity index (χ1n) is 5.63. The smallest absolute Gasteiger partial charge is 0.251 e. The van der Waals surface area contributed by atoms with Crippen molar-refractivity contribution in [2.45, 2.75) is 18.9 Å². The molecule has 0 aromatic heterocycles. The quantitative estimate of drug-likeness (QED) is 0.870. The van der Waals surface area contributed by atoms with Gasteiger partial charge < -0.3 is 10.6 Å². The molecule has 0 radical (unpaired) electrons. The maximum Gasteiger partial charge on any atom is 0.251 e. The molecular formula is C12H15BrClFN2O. The van der Waals surface area contributed by atoms with Gasteiger partial charge in [0.25, 0.3) is 5.91 Å². The third-order valence-electron chi connectivity index (χ3n) is 2.81. The molecule has 2 rings (SSSR count). The molecule has 1 atom stereocenters. The summed E-state index contributed by atoms with van der Waals surface area (Å²) in [7, 11) is 0. The first-order valence-corrected chi connectivity index (χ1v) is 6.43. The Morgan fingerprint density at radius 1 is 1.50 bits per heavy atom. The number of amides is 1. The van der Waals surface area contributed by atoms with Crippen molar-refractivity contribution >= 4 is 34.2 Å². The summed E-state index contributed by atoms with van der Waals surface area (Å²) in [5, 5.41) is 6.17. The minimum Gasteiger partial charge on any atom is -0.348 e. The maximum atomic E-state index is 13.0. The standard InChI is InChI=1S/C12H14BrFN2O.ClH/c13-10-6-8(3-4-11(10)14)12(17)16-9-2-1-5-15-7-9;/h3-4,6,9,15H,1-2,5,7H2,(H,16,17);1H/t9-;/m1./s1. The van der Waals surface area contributed by atoms with Gasteiger partial charge in [0.1, 0.15) is 5.82 Å². The second-order valence-electron chi connectivity index (χ2n) is 4.15. The fourth-order valence-corrected chi connectivity index (χ4v) is 2.26. The summed E-state index contributed by atoms with van der Waals surface area (Å²) in [5.41, 5.74) is 0.476. The third-order valence-corrected chi connectivity index (χ3v) is 3.42. The van der Waals surface area contributed by atoms with E-state index in [-0.39, 0.29) is 30.2 Å². The summed E-state index contributed by atoms with van der Waals surface area (Å²) in [6.07, 6.45) is 2.05. The number of piperidine rings is 1. The van der Waals surface area contributed by atoms with Crippen LogP contribution < -0.4 is 10.6 Å². The van der Waals surface area contributed by atoms with Crippen LogP contribution in [0.2, 0.25) is 0 Å². The van der Waals surface area contributed by atoms with Gasteiger partial charge in [0.05, 0.1) is 4.47 Å². The van der Waals surface area contributed by atoms with Gasteiger partial charge in [-0.15, -0.1) is 12.4 Å². The number of halogens is 3. The van der Waals surface area contributed by atoms with Crippen LogP contribution in [0.4, 0.5) is 4.39 Å². The molecule has 6 heteroatoms. The van der Waals surface area contributed by atoms with Gasteiger partial charge in [-0.05, 0) is 53.5 Å². The van der Waals surface area contributed by atoms with Crippen LogP contribution in [-0.2, 0) is 0 Å². The zero-order valence-electron chi connectivity index (χ0n) is 9.71. The number of rotatable bonds is 2. The second-order valence-corrected chi connectivity index (χ2v) is 5.00. The van der Waals surface area contributed by atoms with Gasteiger partial charge in [-0.1, -0.05) is 0 Å². The highest BCUT2D eigenvalue weighted by molar-refractivity contribution is 9.10. The Morgan fingerprint density at radius 2 is 2.28 bits per heavy atom. The lowest BCUT2D eigenvalue weighted by atomic mass is 10.1. The molecule has 0 spiro atoms. The van der Waals surface area contributed by atoms with Crippen LogP contribution in [0.1, 0.15) is 23.2 Å². The Kier molecular flexibility index (Phi) is 6.05. The van der Waals surface area contributed by atoms with Crippen molar-refractivity contribution in [3.8, 4) is 0 Å². The summed E-state index contributed by atoms with van der Waals surface area (Å²) in [6.45, 7) is 1.81. The van der Waals surface area contributed by atoms with E-state index in [9.17, 15) is 9.18 Å². The monoisotopic (exact) mass is 336 g/mol. The van der Waals surface area contributed by atoms with E-state index in [4.69, 9.17) is 0 Å². The van der Waals surface area contributed by atoms with Crippen LogP contribution in [0.3, 0.4) is 0 Å². The average Bonchev–Trinajstić information content (AvgIpc) is 2.34. The fourth-order valence-electron chi connectivity index (χ4n) is 1.88. The Balaban J connectivity index is 0.00000162. The summed E-state index contributed by atoms with van der Waals surface area (Å²) < 4.78 is 13.3. The van der Waals surface area contributed by atoms with E-state index in [1.165, 1.54) is 18.2 Å². The lowest BCUT2D eigenvalue weighted by molar-refractivity contribution is 0.0930. The zero-order valence-corrected chi connectivity index (χ0v) is 12.1. The van der Waals surface area contributed by atoms with Crippen molar-refractivity contribution in [3.63, 3.8) is 0 Å². The molecule has 1 aliphatic heterocycles. The summed E-state index contributed by atoms with van der Waals surface area (Å²) in [6, 6.07) is 4.45. The van der Waals surface area contributed by atoms with Gasteiger partial charge in [-0.2, -0.15) is 0 Å². The molecule has 1 aromatic carbocycles. The van der Waals surface area contributed by atoms with E-state index >= 15 is 0 Å². The van der Waals surface area contributed by atoms with Gasteiger partial charge in [-0.3, -0.25) is 4.79 Å². The summed E-state index contributed by atoms with van der Waals surface area (Å²) in [4.78, 5) is 11.9. The molecule has 0 aliphatic carbocycles. The SMILES string of the molecule is Cl.O=C(N[C@@H]1CCCNC1)c1ccc(F)c(Br)c1. The van der Waals surface area contributed by atoms with Gasteiger partial charge in [0.15, 0.2) is 0 Å². The molecule has 1 saturated heterocycles. The topological polar surface area (TPSA) is 41.1 Å². The van der Waals surface area contributed by atoms with E-state index in [2.05, 4.69) is 26.6 Å². The first kappa shape index (κ1) is 15.4. The van der Waals surface area contributed by atoms with Crippen molar-refractivity contribution in [2.24, 2.45) is 0 Å². The van der Waals surface area contributed by atoms with E-state index in [1.54, 1.807) is 0 Å². The van der Waals surface area contributed by atoms with E-state index < -0.39 is 0 Å². The van der Waals surface area contributed by atoms with Crippen molar-refractivity contribution in [3.05, 3.63) is 34.1 Å². The second kappa shape index (κ2) is 7.07. The molecule has 1 amide bonds. The molecule has 0 saturated carbocycles. The summed E-state index contributed by atoms with van der Waals surface area (Å²) >= 11 is 3.07. The van der Waals surface area contributed by atoms with Crippen LogP contribution >= 0.6 is 28.3 Å². The number of hydrogen-bond acceptors (Lipinski definition) is 2. The van der Waals surface area contributed by atoms with Gasteiger partial charge in [0, 0.05) is 18.2 Å². The van der Waals surface area contributed by atoms with Crippen LogP contribution in [0.5, 0.6) is 0 Å². The number of hydrogen-bond donors (Lipinski definition) is 2. The Labute approximate surface area is 120 Å². The van der Waals surface area contributed by atoms with Crippen molar-refractivity contribution < 1.29 is 9.18 Å². The fraction of sp³-hybridized carbons (Fsp3) is 0.417. The molecule has 18 heavy (non-hydrogen) atoms. The van der Waals surface area contributed by atoms with E-state index in [0.29, 0.717) is 10.0 Å². The molecule has 1 heterocycles. The molecular weight excluding hydrogens is 322 g/mol. The van der Waals surface area contributed by atoms with Crippen LogP contribution in [0, 0.1) is 5.82 Å². The predicted octanol–water partition coefficient (Wildman–Crippen LogP) is 2.49. The molecule has 100 valence electrons. The molecule has 1 fully saturated rings. The van der Waals surface area contributed by atoms with Gasteiger partial charge in [0.2, 0.25) is 0 Å². The predicted molar refractivity (Wildman–Crippen MR) is 74.7 cm³/mol. The molecule has 0 unspecified atom stereocenters. The van der Waals surface area contributed by atoms with Crippen molar-refractivity contribution in [1.82, 2.24) is 10.6 Å². The van der Waals surface area contributed by atoms with Gasteiger partial charge in [-0.25, -0.2) is 4.39 Å². The number of carbonyl (C=O) groups is 1. The largest absolute Gasteiger partial charge is 0.348 e. The molecule has 0 bridgehead atoms. The van der Waals surface area contributed by atoms with Crippen LogP contribution in [0.25, 0.3) is 0 Å². The molecule has 2 N–H and O–H groups in total. The van der Waals surface area contributed by atoms with E-state index in [0.717, 1.165) is 25.9 Å². The highest BCUT2D eigenvalue weighted by Crippen LogP contribution is 2.17. The highest BCUT2D eigenvalue weighted by atomic mass is 79.9. The van der Waals surface area contributed by atoms with Crippen LogP contribution in [0.15, 0.2) is 22.7 Å². The normalized spacial score (nSPS) is 18.9. The Hall–Kier alpha value is -0.650. The Bertz CT molecular complexity index is 425. The molecule has 1 aromatic rings. The number of nitrogens with one attached hydrogen (secondary N) is 2. The minimum absolute atomic E-state index is 0. The molecule has 3 nitrogen and oxygen atoms in total. The van der Waals surface area contributed by atoms with Crippen LogP contribution in [-0.4, -0.2) is 25.0 Å². The minimum atomic E-state index is -0.360. The third kappa shape index (κ3) is 3.93. The Morgan fingerprint density at radius 3 is 2.89 bits per heavy atom. The van der Waals surface area contributed by atoms with Crippen molar-refractivity contribution in [2.75, 3.05) is 13.1 Å². The highest BCUT2D eigenvalue weighted by Gasteiger charge is 2.16. The van der Waals surface area contributed by atoms with Gasteiger partial charge >= 0.3 is 0 Å². The number of carbonyl (C=O) groups excluding carboxylic acids is 1. The molecule has 1 aliphatic rings.